The molecule has 3 nitrogen and oxygen atoms in total. The van der Waals surface area contributed by atoms with E-state index < -0.39 is 0 Å². The van der Waals surface area contributed by atoms with Crippen LogP contribution in [0.1, 0.15) is 65.2 Å². The minimum atomic E-state index is -0.0948. The Hall–Kier alpha value is -0.990. The van der Waals surface area contributed by atoms with Gasteiger partial charge in [0.05, 0.1) is 5.70 Å². The lowest BCUT2D eigenvalue weighted by molar-refractivity contribution is -0.114. The normalized spacial score (nSPS) is 15.2. The second kappa shape index (κ2) is 7.31. The molecule has 0 spiro atoms. The second-order valence-electron chi connectivity index (χ2n) is 4.34. The fourth-order valence-electron chi connectivity index (χ4n) is 1.90. The summed E-state index contributed by atoms with van der Waals surface area (Å²) < 4.78 is 0. The van der Waals surface area contributed by atoms with Gasteiger partial charge in [-0.25, -0.2) is 0 Å². The summed E-state index contributed by atoms with van der Waals surface area (Å²) in [6, 6.07) is 0. The monoisotopic (exact) mass is 222 g/mol. The maximum absolute atomic E-state index is 11.5. The van der Waals surface area contributed by atoms with Crippen LogP contribution < -0.4 is 0 Å². The Morgan fingerprint density at radius 2 is 1.50 bits per heavy atom. The quantitative estimate of drug-likeness (QED) is 0.561. The Balaban J connectivity index is 2.46. The van der Waals surface area contributed by atoms with Gasteiger partial charge >= 0.3 is 0 Å². The highest BCUT2D eigenvalue weighted by atomic mass is 16.2. The molecule has 0 bridgehead atoms. The molecule has 0 aromatic carbocycles. The van der Waals surface area contributed by atoms with Crippen molar-refractivity contribution in [1.82, 2.24) is 0 Å². The molecule has 0 saturated heterocycles. The minimum Gasteiger partial charge on any atom is -0.265 e. The zero-order chi connectivity index (χ0) is 11.8. The predicted molar refractivity (Wildman–Crippen MR) is 65.2 cm³/mol. The highest BCUT2D eigenvalue weighted by Gasteiger charge is 2.19. The molecular formula is C13H22N2O. The van der Waals surface area contributed by atoms with Gasteiger partial charge in [-0.1, -0.05) is 39.5 Å². The third-order valence-electron chi connectivity index (χ3n) is 2.92. The van der Waals surface area contributed by atoms with Crippen LogP contribution >= 0.6 is 0 Å². The summed E-state index contributed by atoms with van der Waals surface area (Å²) in [5.41, 5.74) is 1.83. The van der Waals surface area contributed by atoms with Crippen molar-refractivity contribution in [2.75, 3.05) is 0 Å². The van der Waals surface area contributed by atoms with Gasteiger partial charge in [-0.15, -0.1) is 5.11 Å². The Bertz CT molecular complexity index is 280. The molecular weight excluding hydrogens is 200 g/mol. The highest BCUT2D eigenvalue weighted by Crippen LogP contribution is 2.26. The number of hydrogen-bond acceptors (Lipinski definition) is 2. The molecule has 1 heterocycles. The standard InChI is InChI=1S/C13H22N2O/c1-3-5-7-9-11-12(10-8-6-4-2)14-15-13(11)16/h3-10H2,1-2H3. The van der Waals surface area contributed by atoms with Crippen LogP contribution in [-0.2, 0) is 4.79 Å². The van der Waals surface area contributed by atoms with Crippen molar-refractivity contribution in [2.45, 2.75) is 65.2 Å². The smallest absolute Gasteiger partial charge is 0.265 e. The zero-order valence-corrected chi connectivity index (χ0v) is 10.5. The van der Waals surface area contributed by atoms with E-state index in [0.717, 1.165) is 37.0 Å². The first-order valence-corrected chi connectivity index (χ1v) is 6.47. The van der Waals surface area contributed by atoms with Crippen molar-refractivity contribution < 1.29 is 4.79 Å². The van der Waals surface area contributed by atoms with Gasteiger partial charge in [0.1, 0.15) is 0 Å². The van der Waals surface area contributed by atoms with E-state index in [1.165, 1.54) is 25.7 Å². The number of azo groups is 1. The van der Waals surface area contributed by atoms with Gasteiger partial charge in [0.25, 0.3) is 5.91 Å². The molecule has 0 aliphatic carbocycles. The van der Waals surface area contributed by atoms with E-state index in [0.29, 0.717) is 0 Å². The second-order valence-corrected chi connectivity index (χ2v) is 4.34. The van der Waals surface area contributed by atoms with E-state index in [2.05, 4.69) is 24.1 Å². The number of nitrogens with zero attached hydrogens (tertiary/aromatic N) is 2. The molecule has 0 fully saturated rings. The SMILES string of the molecule is CCCCCC1=C(CCCCC)C(=O)N=N1. The van der Waals surface area contributed by atoms with Gasteiger partial charge in [-0.05, 0) is 25.7 Å². The zero-order valence-electron chi connectivity index (χ0n) is 10.5. The van der Waals surface area contributed by atoms with Crippen LogP contribution in [0.15, 0.2) is 21.5 Å². The molecule has 0 N–H and O–H groups in total. The molecule has 0 radical (unpaired) electrons. The van der Waals surface area contributed by atoms with Crippen molar-refractivity contribution in [2.24, 2.45) is 10.2 Å². The molecule has 1 aliphatic rings. The maximum Gasteiger partial charge on any atom is 0.293 e. The third kappa shape index (κ3) is 3.87. The summed E-state index contributed by atoms with van der Waals surface area (Å²) in [7, 11) is 0. The molecule has 16 heavy (non-hydrogen) atoms. The summed E-state index contributed by atoms with van der Waals surface area (Å²) in [6.07, 6.45) is 8.75. The first kappa shape index (κ1) is 13.1. The summed E-state index contributed by atoms with van der Waals surface area (Å²) >= 11 is 0. The van der Waals surface area contributed by atoms with Crippen molar-refractivity contribution in [3.05, 3.63) is 11.3 Å². The molecule has 0 aromatic rings. The van der Waals surface area contributed by atoms with Gasteiger partial charge in [0.2, 0.25) is 0 Å². The van der Waals surface area contributed by atoms with E-state index in [1.807, 2.05) is 0 Å². The van der Waals surface area contributed by atoms with Crippen LogP contribution in [0.25, 0.3) is 0 Å². The lowest BCUT2D eigenvalue weighted by atomic mass is 10.0. The van der Waals surface area contributed by atoms with Crippen molar-refractivity contribution in [1.29, 1.82) is 0 Å². The molecule has 0 atom stereocenters. The van der Waals surface area contributed by atoms with Gasteiger partial charge in [0, 0.05) is 5.57 Å². The maximum atomic E-state index is 11.5. The number of unbranched alkanes of at least 4 members (excludes halogenated alkanes) is 4. The Morgan fingerprint density at radius 1 is 0.875 bits per heavy atom. The average Bonchev–Trinajstić information content (AvgIpc) is 2.62. The van der Waals surface area contributed by atoms with Crippen molar-refractivity contribution in [3.8, 4) is 0 Å². The first-order chi connectivity index (χ1) is 7.79. The van der Waals surface area contributed by atoms with E-state index >= 15 is 0 Å². The Labute approximate surface area is 98.0 Å². The largest absolute Gasteiger partial charge is 0.293 e. The van der Waals surface area contributed by atoms with Crippen LogP contribution in [-0.4, -0.2) is 5.91 Å². The van der Waals surface area contributed by atoms with E-state index in [4.69, 9.17) is 0 Å². The molecule has 0 aromatic heterocycles. The van der Waals surface area contributed by atoms with Crippen molar-refractivity contribution in [3.63, 3.8) is 0 Å². The summed E-state index contributed by atoms with van der Waals surface area (Å²) in [5, 5.41) is 7.67. The Morgan fingerprint density at radius 3 is 2.12 bits per heavy atom. The third-order valence-corrected chi connectivity index (χ3v) is 2.92. The van der Waals surface area contributed by atoms with Gasteiger partial charge < -0.3 is 0 Å². The number of rotatable bonds is 8. The number of amides is 1. The number of carbonyl (C=O) groups excluding carboxylic acids is 1. The molecule has 0 unspecified atom stereocenters. The predicted octanol–water partition coefficient (Wildman–Crippen LogP) is 4.39. The molecule has 1 aliphatic heterocycles. The summed E-state index contributed by atoms with van der Waals surface area (Å²) in [6.45, 7) is 4.35. The molecule has 90 valence electrons. The lowest BCUT2D eigenvalue weighted by Gasteiger charge is -2.02. The highest BCUT2D eigenvalue weighted by molar-refractivity contribution is 5.96. The van der Waals surface area contributed by atoms with Crippen LogP contribution in [0.3, 0.4) is 0 Å². The van der Waals surface area contributed by atoms with E-state index in [9.17, 15) is 4.79 Å². The van der Waals surface area contributed by atoms with Crippen LogP contribution in [0.5, 0.6) is 0 Å². The minimum absolute atomic E-state index is 0.0948. The molecule has 1 amide bonds. The lowest BCUT2D eigenvalue weighted by Crippen LogP contribution is -1.97. The van der Waals surface area contributed by atoms with Gasteiger partial charge in [-0.3, -0.25) is 4.79 Å². The van der Waals surface area contributed by atoms with E-state index in [1.54, 1.807) is 0 Å². The molecule has 1 rings (SSSR count). The number of carbonyl (C=O) groups is 1. The number of hydrogen-bond donors (Lipinski definition) is 0. The van der Waals surface area contributed by atoms with Crippen LogP contribution in [0.2, 0.25) is 0 Å². The Kier molecular flexibility index (Phi) is 5.98. The van der Waals surface area contributed by atoms with Crippen LogP contribution in [0.4, 0.5) is 0 Å². The number of allylic oxidation sites excluding steroid dienone is 1. The van der Waals surface area contributed by atoms with E-state index in [-0.39, 0.29) is 5.91 Å². The molecule has 3 heteroatoms. The van der Waals surface area contributed by atoms with Crippen LogP contribution in [0, 0.1) is 0 Å². The topological polar surface area (TPSA) is 41.8 Å². The van der Waals surface area contributed by atoms with Gasteiger partial charge in [-0.2, -0.15) is 5.11 Å². The fourth-order valence-corrected chi connectivity index (χ4v) is 1.90. The average molecular weight is 222 g/mol. The van der Waals surface area contributed by atoms with Crippen molar-refractivity contribution >= 4 is 5.91 Å². The summed E-state index contributed by atoms with van der Waals surface area (Å²) in [5.74, 6) is -0.0948. The summed E-state index contributed by atoms with van der Waals surface area (Å²) in [4.78, 5) is 11.5. The molecule has 0 saturated carbocycles. The van der Waals surface area contributed by atoms with Gasteiger partial charge in [0.15, 0.2) is 0 Å². The first-order valence-electron chi connectivity index (χ1n) is 6.47. The fraction of sp³-hybridized carbons (Fsp3) is 0.769.